The van der Waals surface area contributed by atoms with Crippen molar-refractivity contribution in [3.05, 3.63) is 65.8 Å². The van der Waals surface area contributed by atoms with Crippen molar-refractivity contribution in [3.63, 3.8) is 0 Å². The summed E-state index contributed by atoms with van der Waals surface area (Å²) >= 11 is 1.59. The maximum Gasteiger partial charge on any atom is 0.229 e. The number of methoxy groups -OCH3 is 1. The van der Waals surface area contributed by atoms with Gasteiger partial charge in [0.2, 0.25) is 11.8 Å². The molecule has 0 radical (unpaired) electrons. The summed E-state index contributed by atoms with van der Waals surface area (Å²) in [7, 11) is 1.58. The standard InChI is InChI=1S/C24H22N4O3S/c1-15-3-8-21(31-2)20(11-15)28-13-17(12-22(28)29)23(30)25-18-6-4-16(5-7-18)19-14-27-9-10-32-24(27)26-19/h3-11,14,17H,12-13H2,1-2H3,(H,25,30)/t17-/m0/s1. The van der Waals surface area contributed by atoms with Gasteiger partial charge >= 0.3 is 0 Å². The number of benzene rings is 2. The molecule has 2 aromatic carbocycles. The summed E-state index contributed by atoms with van der Waals surface area (Å²) in [5, 5.41) is 4.94. The zero-order valence-electron chi connectivity index (χ0n) is 17.7. The summed E-state index contributed by atoms with van der Waals surface area (Å²) in [5.41, 5.74) is 4.29. The van der Waals surface area contributed by atoms with Gasteiger partial charge in [0.05, 0.1) is 24.4 Å². The lowest BCUT2D eigenvalue weighted by Crippen LogP contribution is -2.28. The zero-order chi connectivity index (χ0) is 22.2. The van der Waals surface area contributed by atoms with E-state index in [-0.39, 0.29) is 18.2 Å². The zero-order valence-corrected chi connectivity index (χ0v) is 18.6. The average molecular weight is 447 g/mol. The van der Waals surface area contributed by atoms with E-state index in [4.69, 9.17) is 4.74 Å². The number of nitrogens with zero attached hydrogens (tertiary/aromatic N) is 3. The van der Waals surface area contributed by atoms with E-state index in [1.165, 1.54) is 0 Å². The molecule has 0 unspecified atom stereocenters. The maximum atomic E-state index is 12.9. The van der Waals surface area contributed by atoms with Crippen molar-refractivity contribution in [2.24, 2.45) is 5.92 Å². The molecule has 1 N–H and O–H groups in total. The second kappa shape index (κ2) is 8.12. The largest absolute Gasteiger partial charge is 0.495 e. The Balaban J connectivity index is 1.28. The normalized spacial score (nSPS) is 16.0. The minimum atomic E-state index is -0.424. The topological polar surface area (TPSA) is 75.9 Å². The minimum absolute atomic E-state index is 0.0795. The number of hydrogen-bond donors (Lipinski definition) is 1. The lowest BCUT2D eigenvalue weighted by atomic mass is 10.1. The van der Waals surface area contributed by atoms with E-state index in [1.54, 1.807) is 23.3 Å². The molecule has 1 saturated heterocycles. The summed E-state index contributed by atoms with van der Waals surface area (Å²) in [4.78, 5) is 32.7. The van der Waals surface area contributed by atoms with Crippen molar-refractivity contribution in [2.45, 2.75) is 13.3 Å². The molecule has 0 saturated carbocycles. The van der Waals surface area contributed by atoms with E-state index in [0.717, 1.165) is 21.8 Å². The number of carbonyl (C=O) groups excluding carboxylic acids is 2. The quantitative estimate of drug-likeness (QED) is 0.494. The molecular formula is C24H22N4O3S. The molecule has 4 aromatic rings. The predicted octanol–water partition coefficient (Wildman–Crippen LogP) is 4.37. The predicted molar refractivity (Wildman–Crippen MR) is 125 cm³/mol. The SMILES string of the molecule is COc1ccc(C)cc1N1C[C@@H](C(=O)Nc2ccc(-c3cn4ccsc4n3)cc2)CC1=O. The van der Waals surface area contributed by atoms with Crippen LogP contribution in [0.5, 0.6) is 5.75 Å². The van der Waals surface area contributed by atoms with Crippen LogP contribution in [0.1, 0.15) is 12.0 Å². The van der Waals surface area contributed by atoms with Gasteiger partial charge in [0.15, 0.2) is 4.96 Å². The van der Waals surface area contributed by atoms with Gasteiger partial charge in [0.1, 0.15) is 5.75 Å². The van der Waals surface area contributed by atoms with Crippen LogP contribution < -0.4 is 15.0 Å². The number of anilines is 2. The van der Waals surface area contributed by atoms with Gasteiger partial charge in [-0.1, -0.05) is 18.2 Å². The highest BCUT2D eigenvalue weighted by molar-refractivity contribution is 7.15. The summed E-state index contributed by atoms with van der Waals surface area (Å²) in [6, 6.07) is 13.3. The molecule has 2 amide bonds. The van der Waals surface area contributed by atoms with Crippen LogP contribution >= 0.6 is 11.3 Å². The summed E-state index contributed by atoms with van der Waals surface area (Å²) in [6.45, 7) is 2.29. The molecule has 5 rings (SSSR count). The van der Waals surface area contributed by atoms with E-state index in [2.05, 4.69) is 10.3 Å². The highest BCUT2D eigenvalue weighted by atomic mass is 32.1. The van der Waals surface area contributed by atoms with Crippen molar-refractivity contribution in [3.8, 4) is 17.0 Å². The molecule has 0 aliphatic carbocycles. The molecule has 0 spiro atoms. The smallest absolute Gasteiger partial charge is 0.229 e. The second-order valence-electron chi connectivity index (χ2n) is 7.87. The second-order valence-corrected chi connectivity index (χ2v) is 8.74. The van der Waals surface area contributed by atoms with Crippen LogP contribution in [0.15, 0.2) is 60.2 Å². The van der Waals surface area contributed by atoms with Gasteiger partial charge in [-0.25, -0.2) is 4.98 Å². The van der Waals surface area contributed by atoms with Crippen LogP contribution in [-0.2, 0) is 9.59 Å². The number of ether oxygens (including phenoxy) is 1. The Morgan fingerprint density at radius 2 is 2.03 bits per heavy atom. The van der Waals surface area contributed by atoms with Gasteiger partial charge in [0, 0.05) is 42.0 Å². The van der Waals surface area contributed by atoms with E-state index >= 15 is 0 Å². The number of rotatable bonds is 5. The molecule has 2 aromatic heterocycles. The molecule has 0 bridgehead atoms. The summed E-state index contributed by atoms with van der Waals surface area (Å²) in [6.07, 6.45) is 4.13. The number of fused-ring (bicyclic) bond motifs is 1. The van der Waals surface area contributed by atoms with Crippen molar-refractivity contribution < 1.29 is 14.3 Å². The number of aromatic nitrogens is 2. The Hall–Kier alpha value is -3.65. The number of imidazole rings is 1. The van der Waals surface area contributed by atoms with E-state index in [0.29, 0.717) is 23.7 Å². The van der Waals surface area contributed by atoms with Gasteiger partial charge < -0.3 is 15.0 Å². The third-order valence-corrected chi connectivity index (χ3v) is 6.43. The van der Waals surface area contributed by atoms with Crippen LogP contribution in [0.3, 0.4) is 0 Å². The fourth-order valence-electron chi connectivity index (χ4n) is 3.96. The van der Waals surface area contributed by atoms with Crippen molar-refractivity contribution in [1.29, 1.82) is 0 Å². The number of aryl methyl sites for hydroxylation is 1. The molecule has 162 valence electrons. The van der Waals surface area contributed by atoms with Crippen molar-refractivity contribution in [2.75, 3.05) is 23.9 Å². The van der Waals surface area contributed by atoms with E-state index < -0.39 is 5.92 Å². The van der Waals surface area contributed by atoms with Crippen molar-refractivity contribution in [1.82, 2.24) is 9.38 Å². The summed E-state index contributed by atoms with van der Waals surface area (Å²) in [5.74, 6) is -0.0426. The van der Waals surface area contributed by atoms with Crippen LogP contribution in [0.2, 0.25) is 0 Å². The average Bonchev–Trinajstić information content (AvgIpc) is 3.49. The fourth-order valence-corrected chi connectivity index (χ4v) is 4.66. The lowest BCUT2D eigenvalue weighted by Gasteiger charge is -2.20. The molecular weight excluding hydrogens is 424 g/mol. The first kappa shape index (κ1) is 20.3. The molecule has 1 fully saturated rings. The molecule has 3 heterocycles. The molecule has 1 aliphatic rings. The number of nitrogens with one attached hydrogen (secondary N) is 1. The monoisotopic (exact) mass is 446 g/mol. The molecule has 8 heteroatoms. The first-order valence-electron chi connectivity index (χ1n) is 10.3. The molecule has 1 atom stereocenters. The number of thiazole rings is 1. The van der Waals surface area contributed by atoms with Crippen LogP contribution in [0.25, 0.3) is 16.2 Å². The third kappa shape index (κ3) is 3.73. The van der Waals surface area contributed by atoms with Gasteiger partial charge in [-0.2, -0.15) is 0 Å². The van der Waals surface area contributed by atoms with Crippen LogP contribution in [0.4, 0.5) is 11.4 Å². The number of amides is 2. The highest BCUT2D eigenvalue weighted by Crippen LogP contribution is 2.34. The van der Waals surface area contributed by atoms with Gasteiger partial charge in [-0.05, 0) is 36.8 Å². The van der Waals surface area contributed by atoms with Gasteiger partial charge in [-0.3, -0.25) is 14.0 Å². The Kier molecular flexibility index (Phi) is 5.14. The Bertz CT molecular complexity index is 1280. The highest BCUT2D eigenvalue weighted by Gasteiger charge is 2.36. The molecule has 7 nitrogen and oxygen atoms in total. The molecule has 1 aliphatic heterocycles. The summed E-state index contributed by atoms with van der Waals surface area (Å²) < 4.78 is 7.40. The van der Waals surface area contributed by atoms with Crippen molar-refractivity contribution >= 4 is 39.5 Å². The van der Waals surface area contributed by atoms with E-state index in [1.807, 2.05) is 71.6 Å². The maximum absolute atomic E-state index is 12.9. The Labute approximate surface area is 189 Å². The lowest BCUT2D eigenvalue weighted by molar-refractivity contribution is -0.122. The third-order valence-electron chi connectivity index (χ3n) is 5.66. The first-order valence-corrected chi connectivity index (χ1v) is 11.2. The Morgan fingerprint density at radius 1 is 1.22 bits per heavy atom. The van der Waals surface area contributed by atoms with Gasteiger partial charge in [0.25, 0.3) is 0 Å². The fraction of sp³-hybridized carbons (Fsp3) is 0.208. The number of hydrogen-bond acceptors (Lipinski definition) is 5. The van der Waals surface area contributed by atoms with Gasteiger partial charge in [-0.15, -0.1) is 11.3 Å². The van der Waals surface area contributed by atoms with Crippen LogP contribution in [-0.4, -0.2) is 34.9 Å². The molecule has 32 heavy (non-hydrogen) atoms. The minimum Gasteiger partial charge on any atom is -0.495 e. The first-order chi connectivity index (χ1) is 15.5. The van der Waals surface area contributed by atoms with E-state index in [9.17, 15) is 9.59 Å². The Morgan fingerprint density at radius 3 is 2.78 bits per heavy atom. The number of carbonyl (C=O) groups is 2. The van der Waals surface area contributed by atoms with Crippen LogP contribution in [0, 0.1) is 12.8 Å².